The summed E-state index contributed by atoms with van der Waals surface area (Å²) in [7, 11) is 1.38. The molecule has 1 saturated heterocycles. The van der Waals surface area contributed by atoms with E-state index >= 15 is 0 Å². The molecule has 0 saturated carbocycles. The molecule has 0 aromatic heterocycles. The van der Waals surface area contributed by atoms with E-state index in [0.29, 0.717) is 23.2 Å². The van der Waals surface area contributed by atoms with Crippen LogP contribution in [0.5, 0.6) is 11.5 Å². The summed E-state index contributed by atoms with van der Waals surface area (Å²) in [5.41, 5.74) is 1.81. The third-order valence-corrected chi connectivity index (χ3v) is 5.78. The molecule has 1 aliphatic heterocycles. The molecule has 176 valence electrons. The molecule has 0 bridgehead atoms. The van der Waals surface area contributed by atoms with Gasteiger partial charge in [0, 0.05) is 10.0 Å². The minimum absolute atomic E-state index is 0.215. The normalized spacial score (nSPS) is 14.7. The highest BCUT2D eigenvalue weighted by molar-refractivity contribution is 9.10. The first-order chi connectivity index (χ1) is 16.2. The lowest BCUT2D eigenvalue weighted by Gasteiger charge is -2.26. The number of methoxy groups -OCH3 is 1. The highest BCUT2D eigenvalue weighted by atomic mass is 79.9. The molecule has 2 aromatic carbocycles. The number of aryl methyl sites for hydroxylation is 1. The molecule has 4 amide bonds. The van der Waals surface area contributed by atoms with Crippen LogP contribution in [0.4, 0.5) is 10.5 Å². The lowest BCUT2D eigenvalue weighted by atomic mass is 10.0. The third kappa shape index (κ3) is 5.18. The number of nitrogens with zero attached hydrogens (tertiary/aromatic N) is 1. The molecule has 2 N–H and O–H groups in total. The Balaban J connectivity index is 2.06. The fourth-order valence-electron chi connectivity index (χ4n) is 3.35. The second-order valence-electron chi connectivity index (χ2n) is 7.28. The van der Waals surface area contributed by atoms with Crippen molar-refractivity contribution in [3.63, 3.8) is 0 Å². The Hall–Kier alpha value is -3.92. The van der Waals surface area contributed by atoms with E-state index in [1.165, 1.54) is 19.3 Å². The molecule has 1 heterocycles. The SMILES string of the molecule is C=CCc1cc(/C=C2\C(=O)NC(=O)N(c3ccc(Br)c(C)c3)C2=O)cc(OC)c1OCC(=O)O. The number of rotatable bonds is 8. The zero-order valence-electron chi connectivity index (χ0n) is 18.4. The number of urea groups is 1. The molecule has 3 rings (SSSR count). The van der Waals surface area contributed by atoms with Crippen molar-refractivity contribution in [2.45, 2.75) is 13.3 Å². The number of carboxylic acids is 1. The van der Waals surface area contributed by atoms with E-state index in [4.69, 9.17) is 14.6 Å². The van der Waals surface area contributed by atoms with Crippen LogP contribution >= 0.6 is 15.9 Å². The third-order valence-electron chi connectivity index (χ3n) is 4.89. The van der Waals surface area contributed by atoms with Gasteiger partial charge in [0.15, 0.2) is 18.1 Å². The summed E-state index contributed by atoms with van der Waals surface area (Å²) in [6.45, 7) is 4.92. The van der Waals surface area contributed by atoms with Crippen LogP contribution in [0.15, 0.2) is 53.0 Å². The number of carboxylic acid groups (broad SMARTS) is 1. The van der Waals surface area contributed by atoms with Crippen LogP contribution in [-0.4, -0.2) is 42.6 Å². The van der Waals surface area contributed by atoms with Crippen molar-refractivity contribution in [1.82, 2.24) is 5.32 Å². The van der Waals surface area contributed by atoms with Gasteiger partial charge in [0.25, 0.3) is 11.8 Å². The molecule has 0 spiro atoms. The zero-order valence-corrected chi connectivity index (χ0v) is 20.0. The van der Waals surface area contributed by atoms with Crippen LogP contribution in [0.3, 0.4) is 0 Å². The molecule has 2 aromatic rings. The summed E-state index contributed by atoms with van der Waals surface area (Å²) >= 11 is 3.38. The Kier molecular flexibility index (Phi) is 7.52. The monoisotopic (exact) mass is 528 g/mol. The van der Waals surface area contributed by atoms with Crippen LogP contribution in [0.25, 0.3) is 6.08 Å². The number of aliphatic carboxylic acids is 1. The van der Waals surface area contributed by atoms with Gasteiger partial charge >= 0.3 is 12.0 Å². The van der Waals surface area contributed by atoms with Crippen molar-refractivity contribution in [1.29, 1.82) is 0 Å². The first-order valence-electron chi connectivity index (χ1n) is 10.00. The molecule has 9 nitrogen and oxygen atoms in total. The minimum Gasteiger partial charge on any atom is -0.493 e. The lowest BCUT2D eigenvalue weighted by Crippen LogP contribution is -2.54. The summed E-state index contributed by atoms with van der Waals surface area (Å²) < 4.78 is 11.5. The number of carbonyl (C=O) groups is 4. The molecule has 1 aliphatic rings. The summed E-state index contributed by atoms with van der Waals surface area (Å²) in [5, 5.41) is 11.1. The topological polar surface area (TPSA) is 122 Å². The first-order valence-corrected chi connectivity index (χ1v) is 10.8. The van der Waals surface area contributed by atoms with Crippen molar-refractivity contribution in [2.24, 2.45) is 0 Å². The number of hydrogen-bond acceptors (Lipinski definition) is 6. The quantitative estimate of drug-likeness (QED) is 0.304. The fraction of sp³-hybridized carbons (Fsp3) is 0.167. The van der Waals surface area contributed by atoms with Gasteiger partial charge < -0.3 is 14.6 Å². The second kappa shape index (κ2) is 10.3. The Labute approximate surface area is 203 Å². The first kappa shape index (κ1) is 24.7. The summed E-state index contributed by atoms with van der Waals surface area (Å²) in [4.78, 5) is 50.0. The maximum absolute atomic E-state index is 13.2. The van der Waals surface area contributed by atoms with Gasteiger partial charge in [-0.2, -0.15) is 0 Å². The predicted molar refractivity (Wildman–Crippen MR) is 128 cm³/mol. The van der Waals surface area contributed by atoms with Crippen LogP contribution in [0, 0.1) is 6.92 Å². The molecule has 0 aliphatic carbocycles. The molecule has 34 heavy (non-hydrogen) atoms. The number of imide groups is 2. The zero-order chi connectivity index (χ0) is 25.0. The average molecular weight is 529 g/mol. The smallest absolute Gasteiger partial charge is 0.341 e. The minimum atomic E-state index is -1.16. The number of carbonyl (C=O) groups excluding carboxylic acids is 3. The number of anilines is 1. The number of allylic oxidation sites excluding steroid dienone is 1. The summed E-state index contributed by atoms with van der Waals surface area (Å²) in [5.74, 6) is -2.35. The van der Waals surface area contributed by atoms with Crippen LogP contribution in [-0.2, 0) is 20.8 Å². The number of nitrogens with one attached hydrogen (secondary N) is 1. The van der Waals surface area contributed by atoms with Gasteiger partial charge in [0.05, 0.1) is 12.8 Å². The fourth-order valence-corrected chi connectivity index (χ4v) is 3.60. The van der Waals surface area contributed by atoms with Gasteiger partial charge in [-0.25, -0.2) is 14.5 Å². The molecular weight excluding hydrogens is 508 g/mol. The van der Waals surface area contributed by atoms with E-state index < -0.39 is 30.4 Å². The predicted octanol–water partition coefficient (Wildman–Crippen LogP) is 3.62. The van der Waals surface area contributed by atoms with Gasteiger partial charge in [-0.05, 0) is 60.9 Å². The van der Waals surface area contributed by atoms with Crippen LogP contribution < -0.4 is 19.7 Å². The highest BCUT2D eigenvalue weighted by Crippen LogP contribution is 2.35. The van der Waals surface area contributed by atoms with Crippen molar-refractivity contribution in [3.8, 4) is 11.5 Å². The summed E-state index contributed by atoms with van der Waals surface area (Å²) in [6, 6.07) is 7.21. The number of hydrogen-bond donors (Lipinski definition) is 2. The van der Waals surface area contributed by atoms with Crippen molar-refractivity contribution in [2.75, 3.05) is 18.6 Å². The van der Waals surface area contributed by atoms with Crippen LogP contribution in [0.1, 0.15) is 16.7 Å². The van der Waals surface area contributed by atoms with E-state index in [-0.39, 0.29) is 17.1 Å². The molecule has 10 heteroatoms. The number of halogens is 1. The Morgan fingerprint density at radius 1 is 1.24 bits per heavy atom. The van der Waals surface area contributed by atoms with Crippen LogP contribution in [0.2, 0.25) is 0 Å². The number of barbiturate groups is 1. The van der Waals surface area contributed by atoms with E-state index in [1.807, 2.05) is 6.92 Å². The average Bonchev–Trinajstić information content (AvgIpc) is 2.77. The van der Waals surface area contributed by atoms with E-state index in [1.54, 1.807) is 30.3 Å². The Morgan fingerprint density at radius 3 is 2.59 bits per heavy atom. The molecule has 0 atom stereocenters. The maximum Gasteiger partial charge on any atom is 0.341 e. The van der Waals surface area contributed by atoms with Gasteiger partial charge in [-0.1, -0.05) is 22.0 Å². The van der Waals surface area contributed by atoms with E-state index in [0.717, 1.165) is 14.9 Å². The molecule has 0 unspecified atom stereocenters. The molecule has 1 fully saturated rings. The number of benzene rings is 2. The number of ether oxygens (including phenoxy) is 2. The van der Waals surface area contributed by atoms with Gasteiger partial charge in [-0.3, -0.25) is 14.9 Å². The molecule has 0 radical (unpaired) electrons. The number of amides is 4. The van der Waals surface area contributed by atoms with Gasteiger partial charge in [0.1, 0.15) is 5.57 Å². The largest absolute Gasteiger partial charge is 0.493 e. The van der Waals surface area contributed by atoms with E-state index in [9.17, 15) is 19.2 Å². The standard InChI is InChI=1S/C24H21BrN2O7/c1-4-5-15-9-14(11-19(33-3)21(15)34-12-20(28)29)10-17-22(30)26-24(32)27(23(17)31)16-6-7-18(25)13(2)8-16/h4,6-11H,1,5,12H2,2-3H3,(H,28,29)(H,26,30,32)/b17-10+. The Bertz CT molecular complexity index is 1240. The van der Waals surface area contributed by atoms with E-state index in [2.05, 4.69) is 27.8 Å². The van der Waals surface area contributed by atoms with Gasteiger partial charge in [-0.15, -0.1) is 6.58 Å². The van der Waals surface area contributed by atoms with Crippen molar-refractivity contribution < 1.29 is 33.8 Å². The lowest BCUT2D eigenvalue weighted by molar-refractivity contribution is -0.139. The van der Waals surface area contributed by atoms with Crippen molar-refractivity contribution >= 4 is 51.5 Å². The molecular formula is C24H21BrN2O7. The summed E-state index contributed by atoms with van der Waals surface area (Å²) in [6.07, 6.45) is 3.23. The maximum atomic E-state index is 13.2. The second-order valence-corrected chi connectivity index (χ2v) is 8.13. The van der Waals surface area contributed by atoms with Crippen molar-refractivity contribution in [3.05, 3.63) is 69.7 Å². The Morgan fingerprint density at radius 2 is 1.97 bits per heavy atom. The highest BCUT2D eigenvalue weighted by Gasteiger charge is 2.37. The van der Waals surface area contributed by atoms with Gasteiger partial charge in [0.2, 0.25) is 0 Å².